The van der Waals surface area contributed by atoms with Gasteiger partial charge in [-0.25, -0.2) is 4.79 Å². The largest absolute Gasteiger partial charge is 0.456 e. The van der Waals surface area contributed by atoms with Gasteiger partial charge < -0.3 is 50.9 Å². The molecule has 3 saturated heterocycles. The number of amides is 1. The SMILES string of the molecule is CC[C@H]1/C=C(\C)C[C@@H](C)C[C@@H](OC)[C@H]2O[C@@](O)(C(=O)C(=O)N3[C@@H](OC)CCC[C@H]3C(=O)O[C@H](/C(C)=C/[C@@H]3CC[C@@H](O[Si](C)(C)C(C)(C)C)[C@H](OC)C3)[C@H](C)[C@@H]3C[C@@H]1O[Si](C(C)C)(C(C)C)O[Si](C(C)C)(C(C)C)O3)[C@H](C)C[C@@H]2OC. The lowest BCUT2D eigenvalue weighted by molar-refractivity contribution is -0.303. The maximum Gasteiger partial charge on any atom is 0.334 e. The lowest BCUT2D eigenvalue weighted by Gasteiger charge is -2.54. The molecule has 5 aliphatic rings. The van der Waals surface area contributed by atoms with Crippen LogP contribution < -0.4 is 0 Å². The number of nitrogens with zero attached hydrogens (tertiary/aromatic N) is 1. The van der Waals surface area contributed by atoms with Crippen molar-refractivity contribution in [2.45, 2.75) is 296 Å². The molecule has 1 N–H and O–H groups in total. The van der Waals surface area contributed by atoms with Gasteiger partial charge in [0, 0.05) is 46.2 Å². The number of carbonyl (C=O) groups excluding carboxylic acids is 3. The number of ketones is 1. The molecular weight excluding hydrogens is 1070 g/mol. The zero-order chi connectivity index (χ0) is 60.2. The fourth-order valence-corrected chi connectivity index (χ4v) is 26.7. The molecule has 15 nitrogen and oxygen atoms in total. The number of fused-ring (bicyclic) bond motifs is 5. The van der Waals surface area contributed by atoms with E-state index in [-0.39, 0.29) is 76.1 Å². The number of esters is 1. The zero-order valence-electron chi connectivity index (χ0n) is 54.1. The van der Waals surface area contributed by atoms with Crippen molar-refractivity contribution in [3.63, 3.8) is 0 Å². The van der Waals surface area contributed by atoms with Gasteiger partial charge in [0.1, 0.15) is 24.5 Å². The van der Waals surface area contributed by atoms with Crippen molar-refractivity contribution in [1.82, 2.24) is 4.90 Å². The van der Waals surface area contributed by atoms with Gasteiger partial charge in [0.2, 0.25) is 5.79 Å². The van der Waals surface area contributed by atoms with Crippen LogP contribution in [0.25, 0.3) is 0 Å². The van der Waals surface area contributed by atoms with E-state index in [1.165, 1.54) is 17.6 Å². The Kier molecular flexibility index (Phi) is 24.4. The Labute approximate surface area is 488 Å². The number of carbonyl (C=O) groups is 3. The van der Waals surface area contributed by atoms with Gasteiger partial charge in [-0.2, -0.15) is 0 Å². The van der Waals surface area contributed by atoms with Crippen LogP contribution in [0.15, 0.2) is 23.3 Å². The van der Waals surface area contributed by atoms with E-state index in [1.54, 1.807) is 28.3 Å². The van der Waals surface area contributed by atoms with Crippen LogP contribution in [0.4, 0.5) is 0 Å². The van der Waals surface area contributed by atoms with Crippen molar-refractivity contribution >= 4 is 43.1 Å². The molecule has 1 aliphatic carbocycles. The van der Waals surface area contributed by atoms with Crippen LogP contribution in [-0.2, 0) is 60.2 Å². The van der Waals surface area contributed by atoms with Crippen molar-refractivity contribution in [3.05, 3.63) is 23.3 Å². The minimum Gasteiger partial charge on any atom is -0.456 e. The highest BCUT2D eigenvalue weighted by molar-refractivity contribution is 6.84. The van der Waals surface area contributed by atoms with Crippen molar-refractivity contribution in [2.24, 2.45) is 29.6 Å². The molecule has 0 unspecified atom stereocenters. The second-order valence-electron chi connectivity index (χ2n) is 27.9. The quantitative estimate of drug-likeness (QED) is 0.0801. The second-order valence-corrected chi connectivity index (χ2v) is 41.4. The number of hydrogen-bond donors (Lipinski definition) is 1. The second kappa shape index (κ2) is 28.2. The van der Waals surface area contributed by atoms with Crippen molar-refractivity contribution in [2.75, 3.05) is 28.4 Å². The number of ether oxygens (including phenoxy) is 6. The number of hydrogen-bond acceptors (Lipinski definition) is 14. The van der Waals surface area contributed by atoms with Crippen LogP contribution in [0, 0.1) is 29.6 Å². The van der Waals surface area contributed by atoms with Crippen LogP contribution in [0.2, 0.25) is 40.3 Å². The van der Waals surface area contributed by atoms with E-state index in [9.17, 15) is 9.90 Å². The van der Waals surface area contributed by atoms with E-state index >= 15 is 9.59 Å². The van der Waals surface area contributed by atoms with Gasteiger partial charge in [-0.15, -0.1) is 0 Å². The molecule has 4 aliphatic heterocycles. The summed E-state index contributed by atoms with van der Waals surface area (Å²) in [5.41, 5.74) is 2.38. The molecule has 4 fully saturated rings. The number of cyclic esters (lactones) is 1. The summed E-state index contributed by atoms with van der Waals surface area (Å²) in [6, 6.07) is -1.22. The van der Waals surface area contributed by atoms with Crippen LogP contribution >= 0.6 is 0 Å². The summed E-state index contributed by atoms with van der Waals surface area (Å²) in [6.07, 6.45) is 6.13. The number of rotatable bonds is 13. The Hall–Kier alpha value is -1.66. The zero-order valence-corrected chi connectivity index (χ0v) is 57.1. The molecule has 0 radical (unpaired) electrons. The Morgan fingerprint density at radius 3 is 1.88 bits per heavy atom. The van der Waals surface area contributed by atoms with Gasteiger partial charge >= 0.3 is 23.1 Å². The molecule has 4 heterocycles. The fourth-order valence-electron chi connectivity index (χ4n) is 13.9. The Morgan fingerprint density at radius 1 is 0.787 bits per heavy atom. The molecule has 0 aromatic heterocycles. The van der Waals surface area contributed by atoms with Gasteiger partial charge in [-0.1, -0.05) is 122 Å². The molecule has 0 aromatic rings. The third-order valence-electron chi connectivity index (χ3n) is 19.8. The molecule has 462 valence electrons. The van der Waals surface area contributed by atoms with E-state index in [0.29, 0.717) is 25.7 Å². The summed E-state index contributed by atoms with van der Waals surface area (Å²) in [5.74, 6) is -6.64. The van der Waals surface area contributed by atoms with Gasteiger partial charge in [0.15, 0.2) is 8.32 Å². The summed E-state index contributed by atoms with van der Waals surface area (Å²) in [5, 5.41) is 12.6. The smallest absolute Gasteiger partial charge is 0.334 e. The highest BCUT2D eigenvalue weighted by Crippen LogP contribution is 2.50. The Balaban J connectivity index is 1.76. The normalized spacial score (nSPS) is 37.6. The highest BCUT2D eigenvalue weighted by Gasteiger charge is 2.61. The Morgan fingerprint density at radius 2 is 1.35 bits per heavy atom. The lowest BCUT2D eigenvalue weighted by atomic mass is 9.81. The molecule has 5 rings (SSSR count). The predicted octanol–water partition coefficient (Wildman–Crippen LogP) is 12.9. The summed E-state index contributed by atoms with van der Waals surface area (Å²) < 4.78 is 68.8. The molecule has 0 spiro atoms. The molecule has 80 heavy (non-hydrogen) atoms. The highest BCUT2D eigenvalue weighted by atomic mass is 28.5. The van der Waals surface area contributed by atoms with Crippen LogP contribution in [0.1, 0.15) is 188 Å². The molecule has 4 bridgehead atoms. The number of methoxy groups -OCH3 is 4. The number of piperidine rings is 1. The first-order valence-electron chi connectivity index (χ1n) is 30.9. The molecule has 16 atom stereocenters. The fraction of sp³-hybridized carbons (Fsp3) is 0.887. The van der Waals surface area contributed by atoms with E-state index in [1.807, 2.05) is 0 Å². The van der Waals surface area contributed by atoms with Crippen molar-refractivity contribution < 1.29 is 65.3 Å². The van der Waals surface area contributed by atoms with Crippen molar-refractivity contribution in [3.8, 4) is 0 Å². The first kappa shape index (κ1) is 69.1. The van der Waals surface area contributed by atoms with Crippen LogP contribution in [-0.4, -0.2) is 148 Å². The molecule has 1 saturated carbocycles. The minimum atomic E-state index is -3.22. The van der Waals surface area contributed by atoms with Crippen molar-refractivity contribution in [1.29, 1.82) is 0 Å². The minimum absolute atomic E-state index is 0.0183. The van der Waals surface area contributed by atoms with E-state index in [4.69, 9.17) is 45.8 Å². The summed E-state index contributed by atoms with van der Waals surface area (Å²) in [4.78, 5) is 46.9. The average molecular weight is 1180 g/mol. The van der Waals surface area contributed by atoms with Crippen LogP contribution in [0.5, 0.6) is 0 Å². The lowest BCUT2D eigenvalue weighted by Crippen LogP contribution is -2.66. The predicted molar refractivity (Wildman–Crippen MR) is 322 cm³/mol. The maximum atomic E-state index is 15.6. The average Bonchev–Trinajstić information content (AvgIpc) is 3.38. The molecular formula is C62H113NO14Si3. The Bertz CT molecular complexity index is 2100. The van der Waals surface area contributed by atoms with E-state index in [0.717, 1.165) is 37.7 Å². The summed E-state index contributed by atoms with van der Waals surface area (Å²) in [6.45, 7) is 41.8. The third kappa shape index (κ3) is 14.9. The van der Waals surface area contributed by atoms with E-state index < -0.39 is 104 Å². The monoisotopic (exact) mass is 1180 g/mol. The number of Topliss-reactive ketones (excluding diaryl/α,β-unsaturated/α-hetero) is 1. The molecule has 1 amide bonds. The van der Waals surface area contributed by atoms with E-state index in [2.05, 4.69) is 136 Å². The molecule has 18 heteroatoms. The third-order valence-corrected chi connectivity index (χ3v) is 34.6. The first-order valence-corrected chi connectivity index (χ1v) is 37.8. The van der Waals surface area contributed by atoms with Gasteiger partial charge in [-0.3, -0.25) is 14.5 Å². The number of aliphatic hydroxyl groups is 1. The topological polar surface area (TPSA) is 167 Å². The van der Waals surface area contributed by atoms with Gasteiger partial charge in [-0.05, 0) is 142 Å². The van der Waals surface area contributed by atoms with Gasteiger partial charge in [0.05, 0.1) is 36.6 Å². The molecule has 0 aromatic carbocycles. The van der Waals surface area contributed by atoms with Gasteiger partial charge in [0.25, 0.3) is 11.7 Å². The van der Waals surface area contributed by atoms with Crippen LogP contribution in [0.3, 0.4) is 0 Å². The summed E-state index contributed by atoms with van der Waals surface area (Å²) >= 11 is 0. The number of allylic oxidation sites excluding steroid dienone is 2. The standard InChI is InChI=1S/C62H113NO14Si3/c1-24-47-31-41(10)30-42(11)32-53(69-19)57-54(70-20)34-44(13)62(67,73-57)58(64)59(65)63-48(26-25-27-55(63)71-21)60(66)72-56(43(12)33-46-28-29-49(52(35-46)68-18)74-78(22,23)61(15,16)17)45(14)50-36-51(47)76-80(39(6)7,40(8)9)77-79(75-50,37(2)3)38(4)5/h31,33,37-40,42,44-57,67H,24-30,32,34-36H2,1-23H3/b41-31+,43-33+/t42-,44-,45-,46+,47+,48+,49-,50+,51+,52-,53-,54+,55+,56-,57-,62-/m1/s1. The maximum absolute atomic E-state index is 15.6. The first-order chi connectivity index (χ1) is 37.2. The summed E-state index contributed by atoms with van der Waals surface area (Å²) in [7, 11) is -2.00.